The molecule has 7 heteroatoms. The molecule has 0 aromatic carbocycles. The Balaban J connectivity index is 1.80. The van der Waals surface area contributed by atoms with Gasteiger partial charge in [0, 0.05) is 37.6 Å². The number of aromatic nitrogens is 3. The molecule has 0 aliphatic rings. The number of carbonyl (C=O) groups excluding carboxylic acids is 1. The molecule has 2 aromatic rings. The summed E-state index contributed by atoms with van der Waals surface area (Å²) in [6.07, 6.45) is 4.05. The third kappa shape index (κ3) is 3.38. The molecule has 2 rings (SSSR count). The average Bonchev–Trinajstić information content (AvgIpc) is 3.00. The zero-order valence-corrected chi connectivity index (χ0v) is 10.7. The lowest BCUT2D eigenvalue weighted by Crippen LogP contribution is -2.26. The van der Waals surface area contributed by atoms with Gasteiger partial charge in [-0.05, 0) is 0 Å². The molecule has 0 bridgehead atoms. The van der Waals surface area contributed by atoms with Crippen LogP contribution in [-0.2, 0) is 13.0 Å². The van der Waals surface area contributed by atoms with Gasteiger partial charge in [0.05, 0.1) is 17.5 Å². The Morgan fingerprint density at radius 2 is 2.39 bits per heavy atom. The molecule has 96 valence electrons. The number of hydrogen-bond donors (Lipinski definition) is 2. The highest BCUT2D eigenvalue weighted by Gasteiger charge is 2.08. The fourth-order valence-corrected chi connectivity index (χ4v) is 2.10. The predicted molar refractivity (Wildman–Crippen MR) is 69.4 cm³/mol. The quantitative estimate of drug-likeness (QED) is 0.785. The first-order valence-corrected chi connectivity index (χ1v) is 6.61. The Bertz CT molecular complexity index is 493. The van der Waals surface area contributed by atoms with Crippen LogP contribution in [0.25, 0.3) is 0 Å². The third-order valence-corrected chi connectivity index (χ3v) is 3.04. The van der Waals surface area contributed by atoms with E-state index in [2.05, 4.69) is 15.3 Å². The van der Waals surface area contributed by atoms with E-state index in [1.54, 1.807) is 33.9 Å². The van der Waals surface area contributed by atoms with Crippen molar-refractivity contribution in [2.45, 2.75) is 13.0 Å². The minimum absolute atomic E-state index is 0.166. The van der Waals surface area contributed by atoms with Gasteiger partial charge in [-0.2, -0.15) is 0 Å². The van der Waals surface area contributed by atoms with E-state index in [0.29, 0.717) is 25.3 Å². The van der Waals surface area contributed by atoms with Gasteiger partial charge in [0.2, 0.25) is 0 Å². The molecule has 3 N–H and O–H groups in total. The van der Waals surface area contributed by atoms with Crippen molar-refractivity contribution in [2.75, 3.05) is 13.1 Å². The van der Waals surface area contributed by atoms with Crippen molar-refractivity contribution in [3.8, 4) is 0 Å². The number of nitrogens with one attached hydrogen (secondary N) is 1. The van der Waals surface area contributed by atoms with Crippen LogP contribution < -0.4 is 11.1 Å². The number of hydrogen-bond acceptors (Lipinski definition) is 5. The molecule has 0 unspecified atom stereocenters. The van der Waals surface area contributed by atoms with Crippen LogP contribution in [0.4, 0.5) is 0 Å². The monoisotopic (exact) mass is 265 g/mol. The van der Waals surface area contributed by atoms with Crippen LogP contribution in [0.5, 0.6) is 0 Å². The lowest BCUT2D eigenvalue weighted by Gasteiger charge is -2.01. The van der Waals surface area contributed by atoms with Crippen LogP contribution in [0.15, 0.2) is 23.4 Å². The van der Waals surface area contributed by atoms with Gasteiger partial charge in [-0.3, -0.25) is 4.79 Å². The standard InChI is InChI=1S/C11H15N5OS/c12-2-4-16-5-10(14-7-16)11(17)13-3-1-9-6-18-8-15-9/h5-8H,1-4,12H2,(H,13,17). The molecule has 0 aliphatic heterocycles. The zero-order chi connectivity index (χ0) is 12.8. The number of nitrogens with zero attached hydrogens (tertiary/aromatic N) is 3. The molecule has 2 aromatic heterocycles. The van der Waals surface area contributed by atoms with Crippen molar-refractivity contribution in [2.24, 2.45) is 5.73 Å². The number of imidazole rings is 1. The molecule has 0 radical (unpaired) electrons. The van der Waals surface area contributed by atoms with E-state index in [1.165, 1.54) is 0 Å². The van der Waals surface area contributed by atoms with E-state index in [1.807, 2.05) is 5.38 Å². The maximum Gasteiger partial charge on any atom is 0.271 e. The number of rotatable bonds is 6. The fraction of sp³-hybridized carbons (Fsp3) is 0.364. The van der Waals surface area contributed by atoms with Crippen LogP contribution in [0.2, 0.25) is 0 Å². The van der Waals surface area contributed by atoms with Crippen molar-refractivity contribution >= 4 is 17.2 Å². The summed E-state index contributed by atoms with van der Waals surface area (Å²) in [5.41, 5.74) is 8.62. The fourth-order valence-electron chi connectivity index (χ4n) is 1.50. The molecular formula is C11H15N5OS. The van der Waals surface area contributed by atoms with Crippen LogP contribution in [0, 0.1) is 0 Å². The summed E-state index contributed by atoms with van der Waals surface area (Å²) in [6, 6.07) is 0. The Morgan fingerprint density at radius 1 is 1.50 bits per heavy atom. The van der Waals surface area contributed by atoms with Crippen molar-refractivity contribution in [1.82, 2.24) is 19.9 Å². The predicted octanol–water partition coefficient (Wildman–Crippen LogP) is 0.271. The van der Waals surface area contributed by atoms with E-state index in [-0.39, 0.29) is 5.91 Å². The molecule has 6 nitrogen and oxygen atoms in total. The Morgan fingerprint density at radius 3 is 3.11 bits per heavy atom. The molecule has 0 atom stereocenters. The van der Waals surface area contributed by atoms with Gasteiger partial charge in [0.15, 0.2) is 0 Å². The van der Waals surface area contributed by atoms with Gasteiger partial charge in [0.1, 0.15) is 5.69 Å². The Hall–Kier alpha value is -1.73. The maximum absolute atomic E-state index is 11.8. The van der Waals surface area contributed by atoms with E-state index in [0.717, 1.165) is 12.1 Å². The first kappa shape index (κ1) is 12.7. The lowest BCUT2D eigenvalue weighted by atomic mass is 10.3. The van der Waals surface area contributed by atoms with Gasteiger partial charge in [-0.1, -0.05) is 0 Å². The minimum Gasteiger partial charge on any atom is -0.350 e. The van der Waals surface area contributed by atoms with Crippen molar-refractivity contribution in [3.63, 3.8) is 0 Å². The third-order valence-electron chi connectivity index (χ3n) is 2.40. The number of carbonyl (C=O) groups is 1. The number of nitrogens with two attached hydrogens (primary N) is 1. The Labute approximate surface area is 109 Å². The zero-order valence-electron chi connectivity index (χ0n) is 9.87. The van der Waals surface area contributed by atoms with Crippen molar-refractivity contribution in [3.05, 3.63) is 34.8 Å². The summed E-state index contributed by atoms with van der Waals surface area (Å²) >= 11 is 1.55. The summed E-state index contributed by atoms with van der Waals surface area (Å²) in [7, 11) is 0. The van der Waals surface area contributed by atoms with Gasteiger partial charge in [-0.15, -0.1) is 11.3 Å². The van der Waals surface area contributed by atoms with Gasteiger partial charge < -0.3 is 15.6 Å². The summed E-state index contributed by atoms with van der Waals surface area (Å²) in [4.78, 5) is 19.9. The molecule has 0 aliphatic carbocycles. The van der Waals surface area contributed by atoms with Crippen LogP contribution >= 0.6 is 11.3 Å². The molecule has 2 heterocycles. The van der Waals surface area contributed by atoms with Crippen molar-refractivity contribution in [1.29, 1.82) is 0 Å². The molecule has 0 fully saturated rings. The molecular weight excluding hydrogens is 250 g/mol. The van der Waals surface area contributed by atoms with Gasteiger partial charge in [0.25, 0.3) is 5.91 Å². The van der Waals surface area contributed by atoms with E-state index < -0.39 is 0 Å². The second-order valence-corrected chi connectivity index (χ2v) is 4.49. The molecule has 18 heavy (non-hydrogen) atoms. The average molecular weight is 265 g/mol. The SMILES string of the molecule is NCCn1cnc(C(=O)NCCc2cscn2)c1. The van der Waals surface area contributed by atoms with Crippen LogP contribution in [0.1, 0.15) is 16.2 Å². The lowest BCUT2D eigenvalue weighted by molar-refractivity contribution is 0.0949. The molecule has 0 spiro atoms. The first-order valence-electron chi connectivity index (χ1n) is 5.66. The molecule has 0 saturated heterocycles. The van der Waals surface area contributed by atoms with E-state index in [9.17, 15) is 4.79 Å². The number of thiazole rings is 1. The van der Waals surface area contributed by atoms with E-state index >= 15 is 0 Å². The molecule has 1 amide bonds. The second kappa shape index (κ2) is 6.27. The summed E-state index contributed by atoms with van der Waals surface area (Å²) in [5, 5.41) is 4.79. The maximum atomic E-state index is 11.8. The highest BCUT2D eigenvalue weighted by Crippen LogP contribution is 2.01. The summed E-state index contributed by atoms with van der Waals surface area (Å²) in [6.45, 7) is 1.76. The smallest absolute Gasteiger partial charge is 0.271 e. The highest BCUT2D eigenvalue weighted by atomic mass is 32.1. The summed E-state index contributed by atoms with van der Waals surface area (Å²) in [5.74, 6) is -0.166. The first-order chi connectivity index (χ1) is 8.79. The van der Waals surface area contributed by atoms with Crippen molar-refractivity contribution < 1.29 is 4.79 Å². The van der Waals surface area contributed by atoms with Crippen LogP contribution in [0.3, 0.4) is 0 Å². The normalized spacial score (nSPS) is 10.5. The Kier molecular flexibility index (Phi) is 4.43. The summed E-state index contributed by atoms with van der Waals surface area (Å²) < 4.78 is 1.80. The van der Waals surface area contributed by atoms with Crippen LogP contribution in [-0.4, -0.2) is 33.5 Å². The van der Waals surface area contributed by atoms with Gasteiger partial charge in [-0.25, -0.2) is 9.97 Å². The minimum atomic E-state index is -0.166. The second-order valence-electron chi connectivity index (χ2n) is 3.77. The largest absolute Gasteiger partial charge is 0.350 e. The van der Waals surface area contributed by atoms with E-state index in [4.69, 9.17) is 5.73 Å². The van der Waals surface area contributed by atoms with Gasteiger partial charge >= 0.3 is 0 Å². The number of amides is 1. The topological polar surface area (TPSA) is 85.8 Å². The highest BCUT2D eigenvalue weighted by molar-refractivity contribution is 7.07. The molecule has 0 saturated carbocycles.